The first-order valence-electron chi connectivity index (χ1n) is 8.48. The topological polar surface area (TPSA) is 125 Å². The van der Waals surface area contributed by atoms with Crippen LogP contribution in [0.3, 0.4) is 0 Å². The van der Waals surface area contributed by atoms with Crippen molar-refractivity contribution >= 4 is 17.6 Å². The number of amides is 1. The second-order valence-electron chi connectivity index (χ2n) is 6.51. The maximum Gasteiger partial charge on any atom is 0.301 e. The zero-order valence-electron chi connectivity index (χ0n) is 14.7. The molecular weight excluding hydrogens is 322 g/mol. The molecule has 0 unspecified atom stereocenters. The summed E-state index contributed by atoms with van der Waals surface area (Å²) < 4.78 is 5.86. The molecule has 1 aromatic heterocycles. The Balaban J connectivity index is 1.81. The molecular formula is C16H25N7O2. The van der Waals surface area contributed by atoms with Gasteiger partial charge in [-0.2, -0.15) is 5.10 Å². The quantitative estimate of drug-likeness (QED) is 0.395. The smallest absolute Gasteiger partial charge is 0.301 e. The molecule has 0 spiro atoms. The molecule has 5 N–H and O–H groups in total. The van der Waals surface area contributed by atoms with E-state index in [2.05, 4.69) is 27.6 Å². The van der Waals surface area contributed by atoms with Crippen molar-refractivity contribution in [3.05, 3.63) is 22.6 Å². The molecule has 0 bridgehead atoms. The molecule has 136 valence electrons. The fraction of sp³-hybridized carbons (Fsp3) is 0.562. The van der Waals surface area contributed by atoms with Gasteiger partial charge in [0.1, 0.15) is 5.76 Å². The summed E-state index contributed by atoms with van der Waals surface area (Å²) in [6.45, 7) is 5.29. The lowest BCUT2D eigenvalue weighted by molar-refractivity contribution is 0.0634. The second-order valence-corrected chi connectivity index (χ2v) is 6.51. The number of guanidine groups is 1. The van der Waals surface area contributed by atoms with Crippen LogP contribution >= 0.6 is 0 Å². The van der Waals surface area contributed by atoms with Crippen LogP contribution in [-0.2, 0) is 6.42 Å². The normalized spacial score (nSPS) is 20.3. The molecule has 1 fully saturated rings. The summed E-state index contributed by atoms with van der Waals surface area (Å²) in [5.41, 5.74) is 16.1. The van der Waals surface area contributed by atoms with Crippen LogP contribution in [0.5, 0.6) is 0 Å². The number of rotatable bonds is 3. The molecule has 0 aromatic carbocycles. The predicted molar refractivity (Wildman–Crippen MR) is 95.3 cm³/mol. The Hall–Kier alpha value is -2.39. The summed E-state index contributed by atoms with van der Waals surface area (Å²) in [7, 11) is 2.07. The fourth-order valence-electron chi connectivity index (χ4n) is 3.22. The minimum absolute atomic E-state index is 0.0891. The lowest BCUT2D eigenvalue weighted by Crippen LogP contribution is -2.52. The molecule has 0 radical (unpaired) electrons. The summed E-state index contributed by atoms with van der Waals surface area (Å²) in [5, 5.41) is 9.80. The van der Waals surface area contributed by atoms with E-state index in [-0.39, 0.29) is 11.9 Å². The number of fused-ring (bicyclic) bond motifs is 1. The third kappa shape index (κ3) is 3.83. The van der Waals surface area contributed by atoms with Crippen LogP contribution in [0.2, 0.25) is 0 Å². The zero-order chi connectivity index (χ0) is 18.0. The highest BCUT2D eigenvalue weighted by molar-refractivity contribution is 6.06. The Morgan fingerprint density at radius 3 is 2.60 bits per heavy atom. The lowest BCUT2D eigenvalue weighted by Gasteiger charge is -2.32. The second kappa shape index (κ2) is 7.24. The Kier molecular flexibility index (Phi) is 5.05. The molecule has 1 aliphatic heterocycles. The average Bonchev–Trinajstić information content (AvgIpc) is 2.93. The number of hydrazine groups is 1. The third-order valence-electron chi connectivity index (χ3n) is 4.58. The summed E-state index contributed by atoms with van der Waals surface area (Å²) in [5.74, 6) is 0.798. The Bertz CT molecular complexity index is 710. The number of hydrogen-bond donors (Lipinski definition) is 3. The van der Waals surface area contributed by atoms with Crippen LogP contribution < -0.4 is 16.9 Å². The molecule has 1 aliphatic carbocycles. The summed E-state index contributed by atoms with van der Waals surface area (Å²) in [6, 6.07) is 0. The standard InChI is InChI=1S/C16H25N7O2/c1-10-13-11(19-20-16(17)18)4-3-5-12(13)25-14(10)15(24)21-23-8-6-22(2)7-9-23/h3-9H2,1-2H3,(H,21,24)(H4,17,18,20)/b19-11+. The van der Waals surface area contributed by atoms with Gasteiger partial charge in [-0.05, 0) is 26.8 Å². The van der Waals surface area contributed by atoms with E-state index in [9.17, 15) is 4.79 Å². The van der Waals surface area contributed by atoms with E-state index in [0.717, 1.165) is 68.0 Å². The largest absolute Gasteiger partial charge is 0.455 e. The highest BCUT2D eigenvalue weighted by Gasteiger charge is 2.29. The first-order chi connectivity index (χ1) is 12.0. The van der Waals surface area contributed by atoms with Crippen molar-refractivity contribution in [2.45, 2.75) is 26.2 Å². The van der Waals surface area contributed by atoms with Gasteiger partial charge in [-0.15, -0.1) is 5.10 Å². The summed E-state index contributed by atoms with van der Waals surface area (Å²) in [6.07, 6.45) is 2.42. The number of carbonyl (C=O) groups is 1. The van der Waals surface area contributed by atoms with Gasteiger partial charge in [-0.1, -0.05) is 0 Å². The molecule has 1 saturated heterocycles. The fourth-order valence-corrected chi connectivity index (χ4v) is 3.22. The number of carbonyl (C=O) groups excluding carboxylic acids is 1. The molecule has 2 heterocycles. The van der Waals surface area contributed by atoms with Gasteiger partial charge in [0.05, 0.1) is 5.71 Å². The number of piperazine rings is 1. The maximum absolute atomic E-state index is 12.6. The summed E-state index contributed by atoms with van der Waals surface area (Å²) in [4.78, 5) is 14.9. The summed E-state index contributed by atoms with van der Waals surface area (Å²) >= 11 is 0. The van der Waals surface area contributed by atoms with Crippen LogP contribution in [0.25, 0.3) is 0 Å². The van der Waals surface area contributed by atoms with Gasteiger partial charge in [-0.3, -0.25) is 10.2 Å². The number of furan rings is 1. The molecule has 9 nitrogen and oxygen atoms in total. The molecule has 3 rings (SSSR count). The maximum atomic E-state index is 12.6. The van der Waals surface area contributed by atoms with Crippen molar-refractivity contribution in [3.63, 3.8) is 0 Å². The Labute approximate surface area is 146 Å². The number of aryl methyl sites for hydroxylation is 1. The van der Waals surface area contributed by atoms with Gasteiger partial charge in [0.2, 0.25) is 5.96 Å². The van der Waals surface area contributed by atoms with Crippen molar-refractivity contribution in [3.8, 4) is 0 Å². The molecule has 9 heteroatoms. The van der Waals surface area contributed by atoms with Gasteiger partial charge < -0.3 is 20.8 Å². The molecule has 0 saturated carbocycles. The number of likely N-dealkylation sites (N-methyl/N-ethyl adjacent to an activating group) is 1. The highest BCUT2D eigenvalue weighted by Crippen LogP contribution is 2.30. The van der Waals surface area contributed by atoms with Crippen molar-refractivity contribution < 1.29 is 9.21 Å². The first kappa shape index (κ1) is 17.4. The Morgan fingerprint density at radius 1 is 1.20 bits per heavy atom. The van der Waals surface area contributed by atoms with Gasteiger partial charge in [0.15, 0.2) is 5.76 Å². The minimum atomic E-state index is -0.224. The molecule has 0 atom stereocenters. The SMILES string of the molecule is Cc1c(C(=O)NN2CCN(C)CC2)oc2c1/C(=N/N=C(N)N)CCC2. The van der Waals surface area contributed by atoms with Gasteiger partial charge >= 0.3 is 5.91 Å². The number of nitrogens with one attached hydrogen (secondary N) is 1. The zero-order valence-corrected chi connectivity index (χ0v) is 14.7. The van der Waals surface area contributed by atoms with E-state index in [0.29, 0.717) is 5.76 Å². The number of nitrogens with zero attached hydrogens (tertiary/aromatic N) is 4. The van der Waals surface area contributed by atoms with Crippen LogP contribution in [0.15, 0.2) is 14.6 Å². The van der Waals surface area contributed by atoms with Gasteiger partial charge in [-0.25, -0.2) is 5.01 Å². The van der Waals surface area contributed by atoms with Crippen molar-refractivity contribution in [2.75, 3.05) is 33.2 Å². The minimum Gasteiger partial charge on any atom is -0.455 e. The van der Waals surface area contributed by atoms with E-state index in [1.165, 1.54) is 0 Å². The third-order valence-corrected chi connectivity index (χ3v) is 4.58. The van der Waals surface area contributed by atoms with E-state index in [1.807, 2.05) is 11.9 Å². The number of hydrogen-bond acceptors (Lipinski definition) is 6. The lowest BCUT2D eigenvalue weighted by atomic mass is 9.93. The van der Waals surface area contributed by atoms with E-state index >= 15 is 0 Å². The molecule has 2 aliphatic rings. The molecule has 1 amide bonds. The number of nitrogens with two attached hydrogens (primary N) is 2. The van der Waals surface area contributed by atoms with Crippen molar-refractivity contribution in [1.29, 1.82) is 0 Å². The van der Waals surface area contributed by atoms with Crippen LogP contribution in [0.4, 0.5) is 0 Å². The monoisotopic (exact) mass is 347 g/mol. The molecule has 25 heavy (non-hydrogen) atoms. The van der Waals surface area contributed by atoms with E-state index in [4.69, 9.17) is 15.9 Å². The Morgan fingerprint density at radius 2 is 1.92 bits per heavy atom. The van der Waals surface area contributed by atoms with Crippen molar-refractivity contribution in [1.82, 2.24) is 15.3 Å². The first-order valence-corrected chi connectivity index (χ1v) is 8.48. The van der Waals surface area contributed by atoms with Gasteiger partial charge in [0, 0.05) is 43.7 Å². The van der Waals surface area contributed by atoms with E-state index in [1.54, 1.807) is 0 Å². The van der Waals surface area contributed by atoms with Crippen LogP contribution in [-0.4, -0.2) is 60.7 Å². The molecule has 1 aromatic rings. The van der Waals surface area contributed by atoms with Crippen LogP contribution in [0, 0.1) is 6.92 Å². The van der Waals surface area contributed by atoms with Crippen molar-refractivity contribution in [2.24, 2.45) is 21.7 Å². The average molecular weight is 347 g/mol. The highest BCUT2D eigenvalue weighted by atomic mass is 16.4. The van der Waals surface area contributed by atoms with E-state index < -0.39 is 0 Å². The van der Waals surface area contributed by atoms with Gasteiger partial charge in [0.25, 0.3) is 0 Å². The van der Waals surface area contributed by atoms with Crippen LogP contribution in [0.1, 0.15) is 40.3 Å². The predicted octanol–water partition coefficient (Wildman–Crippen LogP) is -0.206.